The van der Waals surface area contributed by atoms with Crippen molar-refractivity contribution in [3.63, 3.8) is 0 Å². The third-order valence-electron chi connectivity index (χ3n) is 5.59. The Morgan fingerprint density at radius 2 is 1.84 bits per heavy atom. The predicted octanol–water partition coefficient (Wildman–Crippen LogP) is 4.59. The van der Waals surface area contributed by atoms with Crippen LogP contribution in [0.4, 0.5) is 11.4 Å². The van der Waals surface area contributed by atoms with E-state index in [0.717, 1.165) is 35.3 Å². The van der Waals surface area contributed by atoms with E-state index in [0.29, 0.717) is 12.2 Å². The number of hydrogen-bond donors (Lipinski definition) is 0. The van der Waals surface area contributed by atoms with Crippen molar-refractivity contribution in [2.75, 3.05) is 37.6 Å². The summed E-state index contributed by atoms with van der Waals surface area (Å²) < 4.78 is 1.10. The summed E-state index contributed by atoms with van der Waals surface area (Å²) in [5.41, 5.74) is 13.9. The van der Waals surface area contributed by atoms with Crippen LogP contribution in [-0.2, 0) is 32.7 Å². The second-order valence-electron chi connectivity index (χ2n) is 9.07. The van der Waals surface area contributed by atoms with E-state index in [1.807, 2.05) is 12.1 Å². The smallest absolute Gasteiger partial charge is 0 e. The van der Waals surface area contributed by atoms with Crippen LogP contribution in [0.3, 0.4) is 0 Å². The maximum atomic E-state index is 13.0. The van der Waals surface area contributed by atoms with Crippen LogP contribution in [0, 0.1) is 19.9 Å². The van der Waals surface area contributed by atoms with Gasteiger partial charge in [-0.05, 0) is 0 Å². The number of hydrogen-bond acceptors (Lipinski definition) is 4. The summed E-state index contributed by atoms with van der Waals surface area (Å²) in [4.78, 5) is 27.3. The van der Waals surface area contributed by atoms with Gasteiger partial charge in [0.25, 0.3) is 0 Å². The summed E-state index contributed by atoms with van der Waals surface area (Å²) in [5, 5.41) is 3.84. The molecular weight excluding hydrogens is 570 g/mol. The van der Waals surface area contributed by atoms with Crippen LogP contribution in [0.2, 0.25) is 14.8 Å². The molecular formula is C23H30N5OSnY-. The van der Waals surface area contributed by atoms with E-state index in [-0.39, 0.29) is 38.5 Å². The topological polar surface area (TPSA) is 72.3 Å². The van der Waals surface area contributed by atoms with Gasteiger partial charge < -0.3 is 0 Å². The molecule has 1 saturated heterocycles. The van der Waals surface area contributed by atoms with Crippen LogP contribution in [0.15, 0.2) is 35.4 Å². The first-order valence-electron chi connectivity index (χ1n) is 10.4. The van der Waals surface area contributed by atoms with E-state index in [1.165, 1.54) is 16.8 Å². The van der Waals surface area contributed by atoms with Crippen molar-refractivity contribution in [1.29, 1.82) is 0 Å². The first-order chi connectivity index (χ1) is 14.2. The molecule has 1 fully saturated rings. The minimum atomic E-state index is -2.52. The van der Waals surface area contributed by atoms with Crippen LogP contribution in [0.5, 0.6) is 0 Å². The van der Waals surface area contributed by atoms with Crippen LogP contribution >= 0.6 is 0 Å². The summed E-state index contributed by atoms with van der Waals surface area (Å²) in [6.45, 7) is 8.15. The molecule has 1 heterocycles. The number of benzene rings is 2. The van der Waals surface area contributed by atoms with Gasteiger partial charge in [-0.1, -0.05) is 6.92 Å². The molecule has 31 heavy (non-hydrogen) atoms. The molecule has 0 aromatic heterocycles. The Bertz CT molecular complexity index is 990. The molecule has 0 unspecified atom stereocenters. The van der Waals surface area contributed by atoms with Gasteiger partial charge in [0.05, 0.1) is 0 Å². The molecule has 6 nitrogen and oxygen atoms in total. The number of Topliss-reactive ketones (excluding diaryl/α,β-unsaturated/α-hetero) is 1. The fourth-order valence-electron chi connectivity index (χ4n) is 3.96. The number of aryl methyl sites for hydroxylation is 2. The number of rotatable bonds is 6. The molecule has 8 heteroatoms. The molecule has 161 valence electrons. The second-order valence-corrected chi connectivity index (χ2v) is 23.4. The van der Waals surface area contributed by atoms with Gasteiger partial charge in [-0.2, -0.15) is 5.56 Å². The summed E-state index contributed by atoms with van der Waals surface area (Å²) in [7, 11) is 0. The summed E-state index contributed by atoms with van der Waals surface area (Å²) >= 11 is -2.52. The van der Waals surface area contributed by atoms with Crippen molar-refractivity contribution in [2.45, 2.75) is 28.7 Å². The summed E-state index contributed by atoms with van der Waals surface area (Å²) in [6.07, 6.45) is 0. The molecule has 1 aliphatic rings. The predicted molar refractivity (Wildman–Crippen MR) is 126 cm³/mol. The van der Waals surface area contributed by atoms with Crippen molar-refractivity contribution in [2.24, 2.45) is 5.11 Å². The number of anilines is 1. The zero-order chi connectivity index (χ0) is 21.9. The molecule has 0 spiro atoms. The molecule has 2 aromatic rings. The number of carbonyl (C=O) groups is 1. The Hall–Kier alpha value is -0.917. The van der Waals surface area contributed by atoms with E-state index < -0.39 is 18.4 Å². The van der Waals surface area contributed by atoms with Gasteiger partial charge in [-0.15, -0.1) is 0 Å². The third kappa shape index (κ3) is 6.78. The van der Waals surface area contributed by atoms with E-state index in [9.17, 15) is 4.79 Å². The van der Waals surface area contributed by atoms with E-state index in [1.54, 1.807) is 12.1 Å². The molecule has 0 N–H and O–H groups in total. The van der Waals surface area contributed by atoms with Gasteiger partial charge >= 0.3 is 171 Å². The van der Waals surface area contributed by atoms with Gasteiger partial charge in [0.2, 0.25) is 0 Å². The third-order valence-corrected chi connectivity index (χ3v) is 11.3. The first-order valence-corrected chi connectivity index (χ1v) is 20.4. The monoisotopic (exact) mass is 601 g/mol. The molecule has 1 aliphatic heterocycles. The zero-order valence-corrected chi connectivity index (χ0v) is 24.8. The number of nitrogens with zero attached hydrogens (tertiary/aromatic N) is 5. The van der Waals surface area contributed by atoms with E-state index >= 15 is 0 Å². The quantitative estimate of drug-likeness (QED) is 0.122. The molecule has 0 amide bonds. The minimum Gasteiger partial charge on any atom is 0 e. The molecule has 2 aromatic carbocycles. The summed E-state index contributed by atoms with van der Waals surface area (Å²) in [6, 6.07) is 13.2. The SMILES string of the molecule is Cc1c[c-]c(N2CCN(CC(=O)c3ccc(N=[N+]=[N-])[c]([Sn]([CH3])([CH3])[CH3])c3)CC2)c(C)c1.[Y]. The van der Waals surface area contributed by atoms with Crippen molar-refractivity contribution in [3.8, 4) is 0 Å². The van der Waals surface area contributed by atoms with Gasteiger partial charge in [0.15, 0.2) is 0 Å². The molecule has 1 radical (unpaired) electrons. The normalized spacial score (nSPS) is 14.5. The molecule has 0 aliphatic carbocycles. The number of azide groups is 1. The Morgan fingerprint density at radius 1 is 1.16 bits per heavy atom. The molecule has 0 saturated carbocycles. The van der Waals surface area contributed by atoms with Gasteiger partial charge in [0, 0.05) is 32.7 Å². The standard InChI is InChI=1S/C20H21N5O.3CH3.Sn.Y/c1-15-3-8-19(16(2)13-15)25-11-9-24(10-12-25)14-20(26)17-4-6-18(7-5-17)22-23-21;;;;;/h3-6,13H,9-12,14H2,1-2H3;3*1H3;;/q-1;;;;;. The van der Waals surface area contributed by atoms with Crippen molar-refractivity contribution < 1.29 is 37.5 Å². The van der Waals surface area contributed by atoms with Gasteiger partial charge in [-0.3, -0.25) is 0 Å². The fourth-order valence-corrected chi connectivity index (χ4v) is 8.21. The maximum absolute atomic E-state index is 13.0. The van der Waals surface area contributed by atoms with Crippen molar-refractivity contribution in [3.05, 3.63) is 63.5 Å². The zero-order valence-electron chi connectivity index (χ0n) is 19.1. The van der Waals surface area contributed by atoms with Crippen molar-refractivity contribution in [1.82, 2.24) is 4.90 Å². The average Bonchev–Trinajstić information content (AvgIpc) is 2.68. The Labute approximate surface area is 214 Å². The van der Waals surface area contributed by atoms with Gasteiger partial charge in [0.1, 0.15) is 0 Å². The first kappa shape index (κ1) is 26.3. The molecule has 3 rings (SSSR count). The van der Waals surface area contributed by atoms with Crippen LogP contribution < -0.4 is 8.48 Å². The van der Waals surface area contributed by atoms with Crippen LogP contribution in [0.1, 0.15) is 21.5 Å². The average molecular weight is 600 g/mol. The Morgan fingerprint density at radius 3 is 2.42 bits per heavy atom. The molecule has 0 atom stereocenters. The van der Waals surface area contributed by atoms with E-state index in [4.69, 9.17) is 5.53 Å². The fraction of sp³-hybridized carbons (Fsp3) is 0.435. The Balaban J connectivity index is 0.00000341. The van der Waals surface area contributed by atoms with Gasteiger partial charge in [-0.25, -0.2) is 0 Å². The van der Waals surface area contributed by atoms with Crippen molar-refractivity contribution >= 4 is 39.1 Å². The van der Waals surface area contributed by atoms with Crippen LogP contribution in [0.25, 0.3) is 10.4 Å². The number of carbonyl (C=O) groups excluding carboxylic acids is 1. The van der Waals surface area contributed by atoms with E-state index in [2.05, 4.69) is 60.6 Å². The summed E-state index contributed by atoms with van der Waals surface area (Å²) in [5.74, 6) is 0.130. The second kappa shape index (κ2) is 11.3. The van der Waals surface area contributed by atoms with Crippen LogP contribution in [-0.4, -0.2) is 61.8 Å². The Kier molecular flexibility index (Phi) is 9.59. The molecule has 0 bridgehead atoms. The number of piperazine rings is 1. The minimum absolute atomic E-state index is 0. The number of ketones is 1.